The minimum Gasteiger partial charge on any atom is -0.357 e. The first-order valence-electron chi connectivity index (χ1n) is 9.87. The van der Waals surface area contributed by atoms with Crippen LogP contribution in [0.15, 0.2) is 52.9 Å². The molecule has 0 atom stereocenters. The number of alkyl halides is 3. The Labute approximate surface area is 195 Å². The number of nitrogens with one attached hydrogen (secondary N) is 3. The van der Waals surface area contributed by atoms with Crippen molar-refractivity contribution in [1.29, 1.82) is 0 Å². The maximum Gasteiger partial charge on any atom is 0.416 e. The molecule has 172 valence electrons. The first-order valence-corrected chi connectivity index (χ1v) is 11.7. The molecule has 4 rings (SSSR count). The van der Waals surface area contributed by atoms with Crippen LogP contribution in [0.1, 0.15) is 28.8 Å². The molecule has 0 spiro atoms. The van der Waals surface area contributed by atoms with Crippen LogP contribution in [0.5, 0.6) is 0 Å². The number of hydrogen-bond donors (Lipinski definition) is 3. The Morgan fingerprint density at radius 1 is 1.03 bits per heavy atom. The van der Waals surface area contributed by atoms with Gasteiger partial charge in [0.05, 0.1) is 11.3 Å². The number of thioether (sulfide) groups is 1. The summed E-state index contributed by atoms with van der Waals surface area (Å²) in [6, 6.07) is 11.0. The summed E-state index contributed by atoms with van der Waals surface area (Å²) in [7, 11) is 0. The summed E-state index contributed by atoms with van der Waals surface area (Å²) in [6.45, 7) is 0. The van der Waals surface area contributed by atoms with Crippen LogP contribution in [0.3, 0.4) is 0 Å². The Morgan fingerprint density at radius 2 is 1.76 bits per heavy atom. The van der Waals surface area contributed by atoms with Crippen molar-refractivity contribution in [2.24, 2.45) is 0 Å². The standard InChI is InChI=1S/C21H18F3N5O2S2/c22-21(23,24)13-4-2-6-16(10-13)26-18(31)12-3-1-5-15(9-12)25-17(30)11-32-20-29-28-19(33-20)27-14-7-8-14/h1-6,9-10,14H,7-8,11H2,(H,25,30)(H,26,31)(H,27,28). The predicted molar refractivity (Wildman–Crippen MR) is 122 cm³/mol. The van der Waals surface area contributed by atoms with Crippen LogP contribution >= 0.6 is 23.1 Å². The zero-order valence-electron chi connectivity index (χ0n) is 17.0. The minimum atomic E-state index is -4.51. The summed E-state index contributed by atoms with van der Waals surface area (Å²) in [4.78, 5) is 24.8. The molecule has 0 aliphatic heterocycles. The molecule has 1 aliphatic carbocycles. The van der Waals surface area contributed by atoms with Crippen molar-refractivity contribution < 1.29 is 22.8 Å². The van der Waals surface area contributed by atoms with Gasteiger partial charge in [0.15, 0.2) is 4.34 Å². The molecule has 3 N–H and O–H groups in total. The summed E-state index contributed by atoms with van der Waals surface area (Å²) in [5.74, 6) is -0.773. The van der Waals surface area contributed by atoms with Gasteiger partial charge in [-0.1, -0.05) is 35.2 Å². The van der Waals surface area contributed by atoms with Gasteiger partial charge in [-0.3, -0.25) is 9.59 Å². The molecule has 2 aromatic carbocycles. The zero-order valence-corrected chi connectivity index (χ0v) is 18.6. The molecule has 0 radical (unpaired) electrons. The Kier molecular flexibility index (Phi) is 6.84. The number of aromatic nitrogens is 2. The number of benzene rings is 2. The summed E-state index contributed by atoms with van der Waals surface area (Å²) >= 11 is 2.64. The molecule has 1 saturated carbocycles. The highest BCUT2D eigenvalue weighted by Gasteiger charge is 2.30. The van der Waals surface area contributed by atoms with Crippen molar-refractivity contribution in [3.05, 3.63) is 59.7 Å². The van der Waals surface area contributed by atoms with Gasteiger partial charge >= 0.3 is 6.18 Å². The van der Waals surface area contributed by atoms with Crippen LogP contribution < -0.4 is 16.0 Å². The molecule has 1 fully saturated rings. The lowest BCUT2D eigenvalue weighted by Gasteiger charge is -2.11. The second-order valence-corrected chi connectivity index (χ2v) is 9.44. The van der Waals surface area contributed by atoms with Gasteiger partial charge in [-0.25, -0.2) is 0 Å². The molecule has 0 saturated heterocycles. The summed E-state index contributed by atoms with van der Waals surface area (Å²) in [5, 5.41) is 17.2. The molecule has 1 aliphatic rings. The first-order chi connectivity index (χ1) is 15.8. The van der Waals surface area contributed by atoms with Crippen molar-refractivity contribution in [2.45, 2.75) is 29.4 Å². The van der Waals surface area contributed by atoms with Crippen molar-refractivity contribution in [3.8, 4) is 0 Å². The fourth-order valence-corrected chi connectivity index (χ4v) is 4.40. The average Bonchev–Trinajstić information content (AvgIpc) is 3.47. The number of amides is 2. The number of carbonyl (C=O) groups is 2. The van der Waals surface area contributed by atoms with Crippen LogP contribution in [0, 0.1) is 0 Å². The van der Waals surface area contributed by atoms with E-state index in [-0.39, 0.29) is 22.9 Å². The van der Waals surface area contributed by atoms with Gasteiger partial charge in [-0.05, 0) is 49.2 Å². The molecular formula is C21H18F3N5O2S2. The van der Waals surface area contributed by atoms with Gasteiger partial charge in [0.25, 0.3) is 5.91 Å². The number of hydrogen-bond acceptors (Lipinski definition) is 7. The van der Waals surface area contributed by atoms with Crippen molar-refractivity contribution in [1.82, 2.24) is 10.2 Å². The third kappa shape index (κ3) is 6.68. The number of halogens is 3. The molecule has 0 bridgehead atoms. The van der Waals surface area contributed by atoms with Crippen molar-refractivity contribution in [3.63, 3.8) is 0 Å². The largest absolute Gasteiger partial charge is 0.416 e. The van der Waals surface area contributed by atoms with E-state index >= 15 is 0 Å². The molecule has 2 amide bonds. The number of carbonyl (C=O) groups excluding carboxylic acids is 2. The summed E-state index contributed by atoms with van der Waals surface area (Å²) in [6.07, 6.45) is -2.25. The van der Waals surface area contributed by atoms with Gasteiger partial charge in [0.2, 0.25) is 11.0 Å². The van der Waals surface area contributed by atoms with E-state index in [0.29, 0.717) is 16.1 Å². The minimum absolute atomic E-state index is 0.0215. The second kappa shape index (κ2) is 9.79. The van der Waals surface area contributed by atoms with Crippen LogP contribution in [0.25, 0.3) is 0 Å². The van der Waals surface area contributed by atoms with E-state index in [9.17, 15) is 22.8 Å². The van der Waals surface area contributed by atoms with Gasteiger partial charge in [-0.2, -0.15) is 13.2 Å². The van der Waals surface area contributed by atoms with E-state index in [1.165, 1.54) is 47.4 Å². The van der Waals surface area contributed by atoms with E-state index in [1.807, 2.05) is 0 Å². The Morgan fingerprint density at radius 3 is 2.48 bits per heavy atom. The second-order valence-electron chi connectivity index (χ2n) is 7.24. The SMILES string of the molecule is O=C(CSc1nnc(NC2CC2)s1)Nc1cccc(C(=O)Nc2cccc(C(F)(F)F)c2)c1. The topological polar surface area (TPSA) is 96.0 Å². The van der Waals surface area contributed by atoms with Gasteiger partial charge < -0.3 is 16.0 Å². The Bertz CT molecular complexity index is 1160. The van der Waals surface area contributed by atoms with Crippen LogP contribution in [0.4, 0.5) is 29.7 Å². The van der Waals surface area contributed by atoms with Gasteiger partial charge in [0.1, 0.15) is 0 Å². The third-order valence-corrected chi connectivity index (χ3v) is 6.48. The molecule has 12 heteroatoms. The number of anilines is 3. The van der Waals surface area contributed by atoms with E-state index in [4.69, 9.17) is 0 Å². The van der Waals surface area contributed by atoms with Crippen molar-refractivity contribution >= 4 is 51.4 Å². The monoisotopic (exact) mass is 493 g/mol. The van der Waals surface area contributed by atoms with Crippen LogP contribution in [-0.4, -0.2) is 33.8 Å². The summed E-state index contributed by atoms with van der Waals surface area (Å²) < 4.78 is 39.3. The van der Waals surface area contributed by atoms with E-state index in [1.54, 1.807) is 12.1 Å². The number of nitrogens with zero attached hydrogens (tertiary/aromatic N) is 2. The van der Waals surface area contributed by atoms with E-state index in [0.717, 1.165) is 30.1 Å². The molecule has 33 heavy (non-hydrogen) atoms. The fourth-order valence-electron chi connectivity index (χ4n) is 2.77. The van der Waals surface area contributed by atoms with Crippen LogP contribution in [-0.2, 0) is 11.0 Å². The van der Waals surface area contributed by atoms with Gasteiger partial charge in [0, 0.05) is 23.0 Å². The molecule has 0 unspecified atom stereocenters. The number of rotatable bonds is 8. The molecule has 7 nitrogen and oxygen atoms in total. The highest BCUT2D eigenvalue weighted by molar-refractivity contribution is 8.01. The maximum atomic E-state index is 12.9. The zero-order chi connectivity index (χ0) is 23.4. The maximum absolute atomic E-state index is 12.9. The average molecular weight is 494 g/mol. The molecule has 3 aromatic rings. The highest BCUT2D eigenvalue weighted by atomic mass is 32.2. The van der Waals surface area contributed by atoms with Crippen molar-refractivity contribution in [2.75, 3.05) is 21.7 Å². The highest BCUT2D eigenvalue weighted by Crippen LogP contribution is 2.31. The van der Waals surface area contributed by atoms with Gasteiger partial charge in [-0.15, -0.1) is 10.2 Å². The Hall–Kier alpha value is -3.12. The summed E-state index contributed by atoms with van der Waals surface area (Å²) in [5.41, 5.74) is -0.249. The molecule has 1 aromatic heterocycles. The quantitative estimate of drug-likeness (QED) is 0.377. The van der Waals surface area contributed by atoms with Crippen LogP contribution in [0.2, 0.25) is 0 Å². The first kappa shape index (κ1) is 23.1. The lowest BCUT2D eigenvalue weighted by atomic mass is 10.1. The molecule has 1 heterocycles. The smallest absolute Gasteiger partial charge is 0.357 e. The lowest BCUT2D eigenvalue weighted by Crippen LogP contribution is -2.16. The Balaban J connectivity index is 1.31. The third-order valence-electron chi connectivity index (χ3n) is 4.49. The fraction of sp³-hybridized carbons (Fsp3) is 0.238. The normalized spacial score (nSPS) is 13.4. The van der Waals surface area contributed by atoms with E-state index in [2.05, 4.69) is 26.1 Å². The molecular weight excluding hydrogens is 475 g/mol. The van der Waals surface area contributed by atoms with E-state index < -0.39 is 17.6 Å². The lowest BCUT2D eigenvalue weighted by molar-refractivity contribution is -0.137. The predicted octanol–water partition coefficient (Wildman–Crippen LogP) is 5.11.